The second kappa shape index (κ2) is 6.77. The number of likely N-dealkylation sites (tertiary alicyclic amines) is 1. The molecule has 0 aromatic heterocycles. The number of aryl methyl sites for hydroxylation is 1. The van der Waals surface area contributed by atoms with Gasteiger partial charge in [-0.1, -0.05) is 42.5 Å². The van der Waals surface area contributed by atoms with Crippen molar-refractivity contribution in [3.8, 4) is 5.75 Å². The lowest BCUT2D eigenvalue weighted by Crippen LogP contribution is -2.40. The van der Waals surface area contributed by atoms with Crippen molar-refractivity contribution in [2.45, 2.75) is 32.4 Å². The molecule has 2 heteroatoms. The maximum atomic E-state index is 6.16. The molecule has 0 saturated carbocycles. The van der Waals surface area contributed by atoms with Crippen molar-refractivity contribution in [1.29, 1.82) is 0 Å². The van der Waals surface area contributed by atoms with Gasteiger partial charge in [0, 0.05) is 13.1 Å². The molecule has 0 bridgehead atoms. The quantitative estimate of drug-likeness (QED) is 0.838. The SMILES string of the molecule is Cc1cccc(OC2CCCN(Cc3ccccc3)C2)c1. The van der Waals surface area contributed by atoms with Crippen molar-refractivity contribution in [3.05, 3.63) is 65.7 Å². The van der Waals surface area contributed by atoms with E-state index in [-0.39, 0.29) is 0 Å². The molecular weight excluding hydrogens is 258 g/mol. The van der Waals surface area contributed by atoms with Gasteiger partial charge in [0.2, 0.25) is 0 Å². The highest BCUT2D eigenvalue weighted by Crippen LogP contribution is 2.20. The Kier molecular flexibility index (Phi) is 4.56. The minimum Gasteiger partial charge on any atom is -0.489 e. The van der Waals surface area contributed by atoms with Crippen molar-refractivity contribution < 1.29 is 4.74 Å². The number of rotatable bonds is 4. The number of benzene rings is 2. The number of nitrogens with zero attached hydrogens (tertiary/aromatic N) is 1. The zero-order chi connectivity index (χ0) is 14.5. The molecule has 0 amide bonds. The van der Waals surface area contributed by atoms with E-state index in [1.54, 1.807) is 0 Å². The van der Waals surface area contributed by atoms with Gasteiger partial charge in [-0.25, -0.2) is 0 Å². The molecule has 2 aromatic carbocycles. The van der Waals surface area contributed by atoms with Gasteiger partial charge < -0.3 is 4.74 Å². The topological polar surface area (TPSA) is 12.5 Å². The van der Waals surface area contributed by atoms with Gasteiger partial charge in [-0.05, 0) is 49.6 Å². The molecule has 110 valence electrons. The van der Waals surface area contributed by atoms with E-state index < -0.39 is 0 Å². The molecule has 1 saturated heterocycles. The van der Waals surface area contributed by atoms with Gasteiger partial charge in [-0.3, -0.25) is 4.90 Å². The summed E-state index contributed by atoms with van der Waals surface area (Å²) in [6.07, 6.45) is 2.67. The van der Waals surface area contributed by atoms with E-state index >= 15 is 0 Å². The van der Waals surface area contributed by atoms with Crippen LogP contribution in [-0.4, -0.2) is 24.1 Å². The number of hydrogen-bond donors (Lipinski definition) is 0. The smallest absolute Gasteiger partial charge is 0.120 e. The summed E-state index contributed by atoms with van der Waals surface area (Å²) in [5.41, 5.74) is 2.64. The van der Waals surface area contributed by atoms with Gasteiger partial charge in [-0.15, -0.1) is 0 Å². The van der Waals surface area contributed by atoms with Crippen molar-refractivity contribution in [2.24, 2.45) is 0 Å². The van der Waals surface area contributed by atoms with Gasteiger partial charge >= 0.3 is 0 Å². The molecule has 1 fully saturated rings. The van der Waals surface area contributed by atoms with Crippen LogP contribution in [-0.2, 0) is 6.54 Å². The number of ether oxygens (including phenoxy) is 1. The summed E-state index contributed by atoms with van der Waals surface area (Å²) in [5.74, 6) is 1.00. The van der Waals surface area contributed by atoms with Crippen LogP contribution in [0, 0.1) is 6.92 Å². The molecule has 1 heterocycles. The minimum atomic E-state index is 0.310. The van der Waals surface area contributed by atoms with Gasteiger partial charge in [0.25, 0.3) is 0 Å². The first-order valence-electron chi connectivity index (χ1n) is 7.79. The first kappa shape index (κ1) is 14.2. The molecule has 2 aromatic rings. The summed E-state index contributed by atoms with van der Waals surface area (Å²) >= 11 is 0. The summed E-state index contributed by atoms with van der Waals surface area (Å²) in [4.78, 5) is 2.50. The summed E-state index contributed by atoms with van der Waals surface area (Å²) in [7, 11) is 0. The highest BCUT2D eigenvalue weighted by molar-refractivity contribution is 5.27. The maximum Gasteiger partial charge on any atom is 0.120 e. The second-order valence-electron chi connectivity index (χ2n) is 5.92. The van der Waals surface area contributed by atoms with E-state index in [0.717, 1.165) is 25.3 Å². The minimum absolute atomic E-state index is 0.310. The fraction of sp³-hybridized carbons (Fsp3) is 0.368. The molecule has 0 radical (unpaired) electrons. The predicted molar refractivity (Wildman–Crippen MR) is 86.5 cm³/mol. The van der Waals surface area contributed by atoms with Crippen LogP contribution in [0.2, 0.25) is 0 Å². The second-order valence-corrected chi connectivity index (χ2v) is 5.92. The molecule has 1 aliphatic heterocycles. The molecule has 1 unspecified atom stereocenters. The van der Waals surface area contributed by atoms with Gasteiger partial charge in [0.15, 0.2) is 0 Å². The summed E-state index contributed by atoms with van der Waals surface area (Å²) in [5, 5.41) is 0. The van der Waals surface area contributed by atoms with Crippen LogP contribution in [0.25, 0.3) is 0 Å². The van der Waals surface area contributed by atoms with E-state index in [4.69, 9.17) is 4.74 Å². The largest absolute Gasteiger partial charge is 0.489 e. The van der Waals surface area contributed by atoms with Gasteiger partial charge in [0.1, 0.15) is 11.9 Å². The highest BCUT2D eigenvalue weighted by Gasteiger charge is 2.21. The third-order valence-corrected chi connectivity index (χ3v) is 4.00. The summed E-state index contributed by atoms with van der Waals surface area (Å²) in [6, 6.07) is 19.0. The molecule has 1 aliphatic rings. The lowest BCUT2D eigenvalue weighted by Gasteiger charge is -2.33. The summed E-state index contributed by atoms with van der Waals surface area (Å²) in [6.45, 7) is 5.31. The Morgan fingerprint density at radius 2 is 1.95 bits per heavy atom. The van der Waals surface area contributed by atoms with E-state index in [1.165, 1.54) is 24.1 Å². The average molecular weight is 281 g/mol. The van der Waals surface area contributed by atoms with Crippen LogP contribution in [0.3, 0.4) is 0 Å². The van der Waals surface area contributed by atoms with Crippen LogP contribution >= 0.6 is 0 Å². The van der Waals surface area contributed by atoms with E-state index in [1.807, 2.05) is 0 Å². The molecule has 1 atom stereocenters. The zero-order valence-corrected chi connectivity index (χ0v) is 12.7. The monoisotopic (exact) mass is 281 g/mol. The Morgan fingerprint density at radius 3 is 2.76 bits per heavy atom. The van der Waals surface area contributed by atoms with Crippen molar-refractivity contribution in [3.63, 3.8) is 0 Å². The normalized spacial score (nSPS) is 19.4. The van der Waals surface area contributed by atoms with Crippen LogP contribution in [0.5, 0.6) is 5.75 Å². The fourth-order valence-electron chi connectivity index (χ4n) is 2.98. The first-order valence-corrected chi connectivity index (χ1v) is 7.79. The highest BCUT2D eigenvalue weighted by atomic mass is 16.5. The molecule has 0 spiro atoms. The van der Waals surface area contributed by atoms with Crippen molar-refractivity contribution in [2.75, 3.05) is 13.1 Å². The predicted octanol–water partition coefficient (Wildman–Crippen LogP) is 4.04. The van der Waals surface area contributed by atoms with Crippen LogP contribution in [0.15, 0.2) is 54.6 Å². The van der Waals surface area contributed by atoms with Crippen LogP contribution in [0.4, 0.5) is 0 Å². The molecule has 21 heavy (non-hydrogen) atoms. The van der Waals surface area contributed by atoms with Crippen molar-refractivity contribution >= 4 is 0 Å². The Morgan fingerprint density at radius 1 is 1.10 bits per heavy atom. The third kappa shape index (κ3) is 4.08. The van der Waals surface area contributed by atoms with E-state index in [9.17, 15) is 0 Å². The number of hydrogen-bond acceptors (Lipinski definition) is 2. The first-order chi connectivity index (χ1) is 10.3. The summed E-state index contributed by atoms with van der Waals surface area (Å²) < 4.78 is 6.16. The molecule has 3 rings (SSSR count). The standard InChI is InChI=1S/C19H23NO/c1-16-7-5-10-18(13-16)21-19-11-6-12-20(15-19)14-17-8-3-2-4-9-17/h2-5,7-10,13,19H,6,11-12,14-15H2,1H3. The van der Waals surface area contributed by atoms with E-state index in [2.05, 4.69) is 66.4 Å². The lowest BCUT2D eigenvalue weighted by atomic mass is 10.1. The van der Waals surface area contributed by atoms with Crippen LogP contribution < -0.4 is 4.74 Å². The lowest BCUT2D eigenvalue weighted by molar-refractivity contribution is 0.0843. The van der Waals surface area contributed by atoms with Crippen LogP contribution in [0.1, 0.15) is 24.0 Å². The van der Waals surface area contributed by atoms with Gasteiger partial charge in [-0.2, -0.15) is 0 Å². The molecular formula is C19H23NO. The third-order valence-electron chi connectivity index (χ3n) is 4.00. The van der Waals surface area contributed by atoms with Gasteiger partial charge in [0.05, 0.1) is 0 Å². The number of piperidine rings is 1. The Balaban J connectivity index is 1.58. The Labute approximate surface area is 127 Å². The molecule has 0 N–H and O–H groups in total. The average Bonchev–Trinajstić information content (AvgIpc) is 2.49. The molecule has 0 aliphatic carbocycles. The van der Waals surface area contributed by atoms with E-state index in [0.29, 0.717) is 6.10 Å². The molecule has 2 nitrogen and oxygen atoms in total. The Bertz CT molecular complexity index is 567. The Hall–Kier alpha value is -1.80. The van der Waals surface area contributed by atoms with Crippen molar-refractivity contribution in [1.82, 2.24) is 4.90 Å². The fourth-order valence-corrected chi connectivity index (χ4v) is 2.98. The zero-order valence-electron chi connectivity index (χ0n) is 12.7. The maximum absolute atomic E-state index is 6.16.